The summed E-state index contributed by atoms with van der Waals surface area (Å²) in [6.45, 7) is 6.67. The van der Waals surface area contributed by atoms with E-state index in [1.54, 1.807) is 19.5 Å². The Morgan fingerprint density at radius 1 is 1.33 bits per heavy atom. The van der Waals surface area contributed by atoms with Gasteiger partial charge in [-0.05, 0) is 32.9 Å². The summed E-state index contributed by atoms with van der Waals surface area (Å²) in [6.07, 6.45) is 11.5. The molecule has 0 rings (SSSR count). The molecule has 0 aliphatic rings. The van der Waals surface area contributed by atoms with E-state index in [-0.39, 0.29) is 0 Å². The Labute approximate surface area is 119 Å². The van der Waals surface area contributed by atoms with Crippen molar-refractivity contribution in [2.24, 2.45) is 9.98 Å². The molecule has 1 N–H and O–H groups in total. The number of rotatable bonds is 7. The highest BCUT2D eigenvalue weighted by Gasteiger charge is 1.98. The van der Waals surface area contributed by atoms with Crippen LogP contribution in [0, 0.1) is 0 Å². The zero-order valence-electron chi connectivity index (χ0n) is 11.5. The highest BCUT2D eigenvalue weighted by molar-refractivity contribution is 9.09. The van der Waals surface area contributed by atoms with Crippen LogP contribution in [0.25, 0.3) is 0 Å². The van der Waals surface area contributed by atoms with Gasteiger partial charge in [-0.15, -0.1) is 0 Å². The molecule has 4 heteroatoms. The molecule has 3 nitrogen and oxygen atoms in total. The monoisotopic (exact) mass is 311 g/mol. The third-order valence-corrected chi connectivity index (χ3v) is 2.16. The number of alkyl halides is 1. The standard InChI is InChI=1S/C14H22BrN3/c1-5-7-13(17-8-6-2)11-18-14(10-16-4)9-12(3)15/h5-10,12,18H,11H2,1-4H3/b7-5-,8-6-,14-9+,16-10-,17-13+. The molecule has 0 spiro atoms. The Morgan fingerprint density at radius 2 is 2.06 bits per heavy atom. The largest absolute Gasteiger partial charge is 0.378 e. The van der Waals surface area contributed by atoms with Gasteiger partial charge in [-0.2, -0.15) is 0 Å². The van der Waals surface area contributed by atoms with Gasteiger partial charge in [0.05, 0.1) is 12.3 Å². The van der Waals surface area contributed by atoms with Crippen LogP contribution in [0.2, 0.25) is 0 Å². The van der Waals surface area contributed by atoms with Gasteiger partial charge in [0.2, 0.25) is 0 Å². The molecule has 18 heavy (non-hydrogen) atoms. The fraction of sp³-hybridized carbons (Fsp3) is 0.429. The number of nitrogens with zero attached hydrogens (tertiary/aromatic N) is 2. The van der Waals surface area contributed by atoms with Gasteiger partial charge in [0, 0.05) is 30.0 Å². The second kappa shape index (κ2) is 11.0. The molecule has 1 unspecified atom stereocenters. The molecule has 0 bridgehead atoms. The maximum Gasteiger partial charge on any atom is 0.0591 e. The lowest BCUT2D eigenvalue weighted by Crippen LogP contribution is -2.22. The number of nitrogens with one attached hydrogen (secondary N) is 1. The molecule has 0 saturated carbocycles. The summed E-state index contributed by atoms with van der Waals surface area (Å²) in [6, 6.07) is 0. The Hall–Kier alpha value is -1.16. The summed E-state index contributed by atoms with van der Waals surface area (Å²) in [4.78, 5) is 8.67. The van der Waals surface area contributed by atoms with E-state index in [1.807, 2.05) is 32.1 Å². The van der Waals surface area contributed by atoms with E-state index in [0.29, 0.717) is 11.4 Å². The number of hydrogen-bond donors (Lipinski definition) is 1. The quantitative estimate of drug-likeness (QED) is 0.567. The van der Waals surface area contributed by atoms with Crippen LogP contribution in [0.3, 0.4) is 0 Å². The van der Waals surface area contributed by atoms with Crippen molar-refractivity contribution in [1.29, 1.82) is 0 Å². The third-order valence-electron chi connectivity index (χ3n) is 1.90. The smallest absolute Gasteiger partial charge is 0.0591 e. The summed E-state index contributed by atoms with van der Waals surface area (Å²) >= 11 is 3.49. The van der Waals surface area contributed by atoms with E-state index < -0.39 is 0 Å². The van der Waals surface area contributed by atoms with E-state index in [9.17, 15) is 0 Å². The fourth-order valence-corrected chi connectivity index (χ4v) is 1.52. The highest BCUT2D eigenvalue weighted by Crippen LogP contribution is 2.01. The van der Waals surface area contributed by atoms with Gasteiger partial charge < -0.3 is 5.32 Å². The molecule has 0 fully saturated rings. The van der Waals surface area contributed by atoms with Crippen LogP contribution < -0.4 is 5.32 Å². The number of aliphatic imine (C=N–C) groups is 2. The molecule has 0 heterocycles. The summed E-state index contributed by atoms with van der Waals surface area (Å²) in [7, 11) is 1.76. The van der Waals surface area contributed by atoms with Crippen LogP contribution in [0.4, 0.5) is 0 Å². The molecule has 0 aromatic rings. The number of halogens is 1. The normalized spacial score (nSPS) is 16.1. The average Bonchev–Trinajstić information content (AvgIpc) is 2.32. The van der Waals surface area contributed by atoms with Crippen LogP contribution in [-0.2, 0) is 0 Å². The molecule has 0 radical (unpaired) electrons. The molecular formula is C14H22BrN3. The van der Waals surface area contributed by atoms with E-state index >= 15 is 0 Å². The Balaban J connectivity index is 4.66. The van der Waals surface area contributed by atoms with Gasteiger partial charge in [0.25, 0.3) is 0 Å². The van der Waals surface area contributed by atoms with Crippen LogP contribution in [0.5, 0.6) is 0 Å². The maximum atomic E-state index is 4.35. The Kier molecular flexibility index (Phi) is 10.3. The predicted molar refractivity (Wildman–Crippen MR) is 86.0 cm³/mol. The fourth-order valence-electron chi connectivity index (χ4n) is 1.24. The van der Waals surface area contributed by atoms with Crippen molar-refractivity contribution in [3.63, 3.8) is 0 Å². The first-order chi connectivity index (χ1) is 8.63. The average molecular weight is 312 g/mol. The predicted octanol–water partition coefficient (Wildman–Crippen LogP) is 3.49. The number of allylic oxidation sites excluding steroid dienone is 4. The molecule has 100 valence electrons. The summed E-state index contributed by atoms with van der Waals surface area (Å²) in [5, 5.41) is 3.31. The van der Waals surface area contributed by atoms with Crippen LogP contribution in [-0.4, -0.2) is 30.3 Å². The lowest BCUT2D eigenvalue weighted by atomic mass is 10.3. The molecular weight excluding hydrogens is 290 g/mol. The van der Waals surface area contributed by atoms with Crippen LogP contribution in [0.1, 0.15) is 20.8 Å². The van der Waals surface area contributed by atoms with Gasteiger partial charge in [-0.3, -0.25) is 9.98 Å². The van der Waals surface area contributed by atoms with E-state index in [2.05, 4.69) is 44.2 Å². The lowest BCUT2D eigenvalue weighted by Gasteiger charge is -2.07. The second-order valence-corrected chi connectivity index (χ2v) is 5.09. The first-order valence-corrected chi connectivity index (χ1v) is 6.88. The molecule has 0 aromatic carbocycles. The van der Waals surface area contributed by atoms with Crippen LogP contribution >= 0.6 is 15.9 Å². The third kappa shape index (κ3) is 8.93. The molecule has 1 atom stereocenters. The number of hydrogen-bond acceptors (Lipinski definition) is 3. The topological polar surface area (TPSA) is 36.8 Å². The molecule has 0 aromatic heterocycles. The van der Waals surface area contributed by atoms with Crippen LogP contribution in [0.15, 0.2) is 46.2 Å². The van der Waals surface area contributed by atoms with Gasteiger partial charge in [-0.1, -0.05) is 28.1 Å². The molecule has 0 aliphatic carbocycles. The lowest BCUT2D eigenvalue weighted by molar-refractivity contribution is 0.971. The van der Waals surface area contributed by atoms with Crippen molar-refractivity contribution >= 4 is 27.9 Å². The zero-order chi connectivity index (χ0) is 13.8. The van der Waals surface area contributed by atoms with Crippen molar-refractivity contribution in [1.82, 2.24) is 5.32 Å². The highest BCUT2D eigenvalue weighted by atomic mass is 79.9. The second-order valence-electron chi connectivity index (χ2n) is 3.64. The van der Waals surface area contributed by atoms with E-state index in [0.717, 1.165) is 11.4 Å². The zero-order valence-corrected chi connectivity index (χ0v) is 13.1. The molecule has 0 amide bonds. The van der Waals surface area contributed by atoms with Crippen molar-refractivity contribution in [2.45, 2.75) is 25.6 Å². The molecule has 0 aliphatic heterocycles. The van der Waals surface area contributed by atoms with Crippen molar-refractivity contribution in [3.8, 4) is 0 Å². The minimum Gasteiger partial charge on any atom is -0.378 e. The summed E-state index contributed by atoms with van der Waals surface area (Å²) in [5.41, 5.74) is 1.97. The summed E-state index contributed by atoms with van der Waals surface area (Å²) < 4.78 is 0. The van der Waals surface area contributed by atoms with Gasteiger partial charge >= 0.3 is 0 Å². The van der Waals surface area contributed by atoms with Gasteiger partial charge in [-0.25, -0.2) is 0 Å². The minimum absolute atomic E-state index is 0.302. The Morgan fingerprint density at radius 3 is 2.56 bits per heavy atom. The van der Waals surface area contributed by atoms with Gasteiger partial charge in [0.1, 0.15) is 0 Å². The Bertz CT molecular complexity index is 363. The van der Waals surface area contributed by atoms with Crippen molar-refractivity contribution < 1.29 is 0 Å². The minimum atomic E-state index is 0.302. The van der Waals surface area contributed by atoms with Crippen molar-refractivity contribution in [2.75, 3.05) is 13.6 Å². The first-order valence-electron chi connectivity index (χ1n) is 5.96. The maximum absolute atomic E-state index is 4.35. The van der Waals surface area contributed by atoms with Gasteiger partial charge in [0.15, 0.2) is 0 Å². The summed E-state index contributed by atoms with van der Waals surface area (Å²) in [5.74, 6) is 0. The first kappa shape index (κ1) is 16.8. The SMILES string of the molecule is C\C=C/N=C(\C=C/C)CNC(/C=N\C)=C/C(C)Br. The van der Waals surface area contributed by atoms with E-state index in [4.69, 9.17) is 0 Å². The molecule has 0 saturated heterocycles. The van der Waals surface area contributed by atoms with Crippen molar-refractivity contribution in [3.05, 3.63) is 36.2 Å². The van der Waals surface area contributed by atoms with E-state index in [1.165, 1.54) is 0 Å².